The van der Waals surface area contributed by atoms with E-state index in [1.165, 1.54) is 0 Å². The second kappa shape index (κ2) is 5.48. The van der Waals surface area contributed by atoms with Crippen molar-refractivity contribution in [1.29, 1.82) is 0 Å². The Morgan fingerprint density at radius 3 is 2.44 bits per heavy atom. The summed E-state index contributed by atoms with van der Waals surface area (Å²) >= 11 is 0. The van der Waals surface area contributed by atoms with Gasteiger partial charge in [0.15, 0.2) is 0 Å². The maximum Gasteiger partial charge on any atom is 0.296 e. The molecule has 6 nitrogen and oxygen atoms in total. The Bertz CT molecular complexity index is 430. The highest BCUT2D eigenvalue weighted by atomic mass is 16.5. The predicted octanol–water partition coefficient (Wildman–Crippen LogP) is 0.0142. The molecule has 1 fully saturated rings. The number of carbonyl (C=O) groups is 3. The Hall–Kier alpha value is -2.11. The van der Waals surface area contributed by atoms with Crippen LogP contribution in [0.2, 0.25) is 0 Å². The first-order valence-electron chi connectivity index (χ1n) is 5.46. The van der Waals surface area contributed by atoms with Crippen LogP contribution in [0.5, 0.6) is 0 Å². The molecule has 0 aromatic carbocycles. The average molecular weight is 252 g/mol. The summed E-state index contributed by atoms with van der Waals surface area (Å²) in [5, 5.41) is 5.34. The molecule has 0 bridgehead atoms. The van der Waals surface area contributed by atoms with Crippen LogP contribution in [-0.4, -0.2) is 30.3 Å². The van der Waals surface area contributed by atoms with Crippen molar-refractivity contribution in [2.24, 2.45) is 0 Å². The summed E-state index contributed by atoms with van der Waals surface area (Å²) in [5.41, 5.74) is 0.766. The van der Waals surface area contributed by atoms with E-state index in [1.807, 2.05) is 20.8 Å². The van der Waals surface area contributed by atoms with Gasteiger partial charge < -0.3 is 15.4 Å². The van der Waals surface area contributed by atoms with Gasteiger partial charge in [0, 0.05) is 12.7 Å². The van der Waals surface area contributed by atoms with E-state index >= 15 is 0 Å². The van der Waals surface area contributed by atoms with Gasteiger partial charge in [0.2, 0.25) is 0 Å². The summed E-state index contributed by atoms with van der Waals surface area (Å²) < 4.78 is 4.55. The molecule has 1 saturated heterocycles. The number of ether oxygens (including phenoxy) is 1. The summed E-state index contributed by atoms with van der Waals surface area (Å²) in [6, 6.07) is 0. The average Bonchev–Trinajstić information content (AvgIpc) is 2.55. The summed E-state index contributed by atoms with van der Waals surface area (Å²) in [6.07, 6.45) is 3.34. The normalized spacial score (nSPS) is 17.3. The van der Waals surface area contributed by atoms with Crippen LogP contribution in [0.3, 0.4) is 0 Å². The fraction of sp³-hybridized carbons (Fsp3) is 0.417. The zero-order valence-corrected chi connectivity index (χ0v) is 10.6. The topological polar surface area (TPSA) is 84.5 Å². The third-order valence-electron chi connectivity index (χ3n) is 2.06. The Balaban J connectivity index is 0.000000203. The number of fused-ring (bicyclic) bond motifs is 1. The maximum atomic E-state index is 11.0. The van der Waals surface area contributed by atoms with Crippen LogP contribution in [0.25, 0.3) is 0 Å². The zero-order valence-electron chi connectivity index (χ0n) is 10.6. The number of hydrogen-bond acceptors (Lipinski definition) is 5. The number of ketones is 1. The molecule has 0 aromatic heterocycles. The van der Waals surface area contributed by atoms with Crippen molar-refractivity contribution < 1.29 is 19.1 Å². The molecule has 0 aliphatic carbocycles. The van der Waals surface area contributed by atoms with Gasteiger partial charge in [0.05, 0.1) is 11.3 Å². The predicted molar refractivity (Wildman–Crippen MR) is 64.2 cm³/mol. The third-order valence-corrected chi connectivity index (χ3v) is 2.06. The molecular weight excluding hydrogens is 236 g/mol. The van der Waals surface area contributed by atoms with Gasteiger partial charge >= 0.3 is 0 Å². The lowest BCUT2D eigenvalue weighted by atomic mass is 10.1. The van der Waals surface area contributed by atoms with Gasteiger partial charge in [-0.3, -0.25) is 14.4 Å². The van der Waals surface area contributed by atoms with Crippen molar-refractivity contribution in [3.8, 4) is 0 Å². The highest BCUT2D eigenvalue weighted by molar-refractivity contribution is 6.47. The van der Waals surface area contributed by atoms with Gasteiger partial charge in [-0.1, -0.05) is 6.08 Å². The van der Waals surface area contributed by atoms with E-state index in [4.69, 9.17) is 0 Å². The molecule has 98 valence electrons. The van der Waals surface area contributed by atoms with E-state index < -0.39 is 11.7 Å². The van der Waals surface area contributed by atoms with Crippen molar-refractivity contribution in [1.82, 2.24) is 10.6 Å². The van der Waals surface area contributed by atoms with Gasteiger partial charge in [0.25, 0.3) is 18.2 Å². The minimum Gasteiger partial charge on any atom is -0.462 e. The molecule has 2 rings (SSSR count). The molecule has 0 unspecified atom stereocenters. The largest absolute Gasteiger partial charge is 0.462 e. The second-order valence-electron chi connectivity index (χ2n) is 4.69. The number of carbonyl (C=O) groups excluding carboxylic acids is 3. The van der Waals surface area contributed by atoms with Gasteiger partial charge in [-0.2, -0.15) is 0 Å². The lowest BCUT2D eigenvalue weighted by molar-refractivity contribution is -0.138. The number of hydrogen-bond donors (Lipinski definition) is 2. The molecule has 0 saturated carbocycles. The van der Waals surface area contributed by atoms with Crippen molar-refractivity contribution in [2.75, 3.05) is 6.54 Å². The molecule has 1 amide bonds. The molecule has 0 spiro atoms. The van der Waals surface area contributed by atoms with Crippen LogP contribution in [0.4, 0.5) is 0 Å². The monoisotopic (exact) mass is 252 g/mol. The van der Waals surface area contributed by atoms with Crippen LogP contribution < -0.4 is 10.6 Å². The molecule has 18 heavy (non-hydrogen) atoms. The van der Waals surface area contributed by atoms with E-state index in [2.05, 4.69) is 15.4 Å². The molecular formula is C12H16N2O4. The maximum absolute atomic E-state index is 11.0. The number of dihydropyridines is 1. The van der Waals surface area contributed by atoms with E-state index in [9.17, 15) is 14.4 Å². The number of rotatable bonds is 1. The number of amides is 1. The van der Waals surface area contributed by atoms with Crippen LogP contribution >= 0.6 is 0 Å². The van der Waals surface area contributed by atoms with Crippen molar-refractivity contribution in [3.05, 3.63) is 23.5 Å². The summed E-state index contributed by atoms with van der Waals surface area (Å²) in [7, 11) is 0. The quantitative estimate of drug-likeness (QED) is 0.507. The highest BCUT2D eigenvalue weighted by Gasteiger charge is 2.31. The Morgan fingerprint density at radius 1 is 1.33 bits per heavy atom. The molecule has 6 heteroatoms. The SMILES string of the molecule is CC(C)(C)OC=O.O=C1NC2=CNCC=C2C1=O. The van der Waals surface area contributed by atoms with Gasteiger partial charge in [-0.25, -0.2) is 0 Å². The summed E-state index contributed by atoms with van der Waals surface area (Å²) in [5.74, 6) is -0.969. The van der Waals surface area contributed by atoms with Crippen LogP contribution in [-0.2, 0) is 19.1 Å². The van der Waals surface area contributed by atoms with Gasteiger partial charge in [-0.05, 0) is 20.8 Å². The van der Waals surface area contributed by atoms with Crippen LogP contribution in [0.1, 0.15) is 20.8 Å². The number of allylic oxidation sites excluding steroid dienone is 1. The fourth-order valence-corrected chi connectivity index (χ4v) is 1.27. The minimum absolute atomic E-state index is 0.318. The first-order valence-corrected chi connectivity index (χ1v) is 5.46. The molecule has 2 N–H and O–H groups in total. The fourth-order valence-electron chi connectivity index (χ4n) is 1.27. The second-order valence-corrected chi connectivity index (χ2v) is 4.69. The zero-order chi connectivity index (χ0) is 13.8. The standard InChI is InChI=1S/C7H6N2O2.C5H10O2/c10-6-4-1-2-8-3-5(4)9-7(6)11;1-5(2,3)7-4-6/h1,3,8H,2H2,(H,9,11);4H,1-3H3. The van der Waals surface area contributed by atoms with Gasteiger partial charge in [0.1, 0.15) is 5.60 Å². The molecule has 0 aromatic rings. The number of nitrogens with one attached hydrogen (secondary N) is 2. The molecule has 2 heterocycles. The number of Topliss-reactive ketones (excluding diaryl/α,β-unsaturated/α-hetero) is 1. The van der Waals surface area contributed by atoms with Crippen LogP contribution in [0.15, 0.2) is 23.5 Å². The van der Waals surface area contributed by atoms with Gasteiger partial charge in [-0.15, -0.1) is 0 Å². The van der Waals surface area contributed by atoms with E-state index in [0.29, 0.717) is 24.3 Å². The first kappa shape index (κ1) is 14.0. The van der Waals surface area contributed by atoms with Crippen LogP contribution in [0, 0.1) is 0 Å². The smallest absolute Gasteiger partial charge is 0.296 e. The van der Waals surface area contributed by atoms with E-state index in [0.717, 1.165) is 0 Å². The van der Waals surface area contributed by atoms with Crippen molar-refractivity contribution in [2.45, 2.75) is 26.4 Å². The molecule has 2 aliphatic rings. The third kappa shape index (κ3) is 3.73. The summed E-state index contributed by atoms with van der Waals surface area (Å²) in [4.78, 5) is 31.4. The molecule has 0 atom stereocenters. The molecule has 0 radical (unpaired) electrons. The highest BCUT2D eigenvalue weighted by Crippen LogP contribution is 2.16. The Kier molecular flexibility index (Phi) is 4.25. The van der Waals surface area contributed by atoms with E-state index in [-0.39, 0.29) is 5.60 Å². The Labute approximate surface area is 105 Å². The molecule has 2 aliphatic heterocycles. The van der Waals surface area contributed by atoms with Crippen molar-refractivity contribution in [3.63, 3.8) is 0 Å². The Morgan fingerprint density at radius 2 is 2.00 bits per heavy atom. The minimum atomic E-state index is -0.536. The van der Waals surface area contributed by atoms with E-state index in [1.54, 1.807) is 12.3 Å². The lowest BCUT2D eigenvalue weighted by Gasteiger charge is -2.14. The van der Waals surface area contributed by atoms with Crippen molar-refractivity contribution >= 4 is 18.2 Å². The first-order chi connectivity index (χ1) is 8.35. The summed E-state index contributed by atoms with van der Waals surface area (Å²) in [6.45, 7) is 6.53. The lowest BCUT2D eigenvalue weighted by Crippen LogP contribution is -2.18.